The molecule has 1 heterocycles. The van der Waals surface area contributed by atoms with Gasteiger partial charge in [0, 0.05) is 18.3 Å². The standard InChI is InChI=1S/C20H34N2O/c1-2-3-4-5-6-8-13-18(14-10-11-16-20(21)23)19-15-9-7-12-17-22-19/h7,9,12,15,17-18,22H,2-6,8,10-11,13-14,16H2,1H3,(H2,21,23). The fraction of sp³-hybridized carbons (Fsp3) is 0.650. The Kier molecular flexibility index (Phi) is 11.0. The Morgan fingerprint density at radius 2 is 1.70 bits per heavy atom. The average Bonchev–Trinajstić information content (AvgIpc) is 2.81. The molecule has 0 saturated carbocycles. The maximum Gasteiger partial charge on any atom is 0.217 e. The Labute approximate surface area is 142 Å². The molecule has 1 aliphatic rings. The Morgan fingerprint density at radius 1 is 1.00 bits per heavy atom. The number of carbonyl (C=O) groups is 1. The molecule has 0 aromatic carbocycles. The topological polar surface area (TPSA) is 55.1 Å². The minimum absolute atomic E-state index is 0.185. The van der Waals surface area contributed by atoms with E-state index in [0.29, 0.717) is 12.3 Å². The van der Waals surface area contributed by atoms with E-state index >= 15 is 0 Å². The van der Waals surface area contributed by atoms with Gasteiger partial charge in [0.1, 0.15) is 0 Å². The molecule has 1 aliphatic heterocycles. The second kappa shape index (κ2) is 13.0. The van der Waals surface area contributed by atoms with Crippen LogP contribution in [-0.4, -0.2) is 5.91 Å². The van der Waals surface area contributed by atoms with Gasteiger partial charge in [-0.15, -0.1) is 0 Å². The van der Waals surface area contributed by atoms with Crippen molar-refractivity contribution in [3.05, 3.63) is 36.2 Å². The first-order chi connectivity index (χ1) is 11.2. The Bertz CT molecular complexity index is 410. The first-order valence-electron chi connectivity index (χ1n) is 9.32. The molecular weight excluding hydrogens is 284 g/mol. The molecular formula is C20H34N2O. The molecule has 0 aliphatic carbocycles. The number of hydrogen-bond donors (Lipinski definition) is 2. The lowest BCUT2D eigenvalue weighted by molar-refractivity contribution is -0.118. The summed E-state index contributed by atoms with van der Waals surface area (Å²) in [4.78, 5) is 10.9. The lowest BCUT2D eigenvalue weighted by Crippen LogP contribution is -2.16. The van der Waals surface area contributed by atoms with E-state index in [1.165, 1.54) is 50.6 Å². The molecule has 3 nitrogen and oxygen atoms in total. The Morgan fingerprint density at radius 3 is 2.43 bits per heavy atom. The number of nitrogens with two attached hydrogens (primary N) is 1. The molecule has 0 saturated heterocycles. The highest BCUT2D eigenvalue weighted by Crippen LogP contribution is 2.24. The van der Waals surface area contributed by atoms with Gasteiger partial charge >= 0.3 is 0 Å². The molecule has 1 rings (SSSR count). The molecule has 1 unspecified atom stereocenters. The molecule has 1 atom stereocenters. The van der Waals surface area contributed by atoms with Gasteiger partial charge in [0.25, 0.3) is 0 Å². The second-order valence-corrected chi connectivity index (χ2v) is 6.48. The molecule has 1 amide bonds. The van der Waals surface area contributed by atoms with E-state index in [-0.39, 0.29) is 5.91 Å². The lowest BCUT2D eigenvalue weighted by Gasteiger charge is -2.20. The zero-order valence-electron chi connectivity index (χ0n) is 14.7. The van der Waals surface area contributed by atoms with Crippen LogP contribution in [0.5, 0.6) is 0 Å². The van der Waals surface area contributed by atoms with Gasteiger partial charge in [0.05, 0.1) is 0 Å². The van der Waals surface area contributed by atoms with Crippen molar-refractivity contribution in [3.8, 4) is 0 Å². The number of hydrogen-bond acceptors (Lipinski definition) is 2. The monoisotopic (exact) mass is 318 g/mol. The summed E-state index contributed by atoms with van der Waals surface area (Å²) in [5, 5.41) is 3.42. The zero-order valence-corrected chi connectivity index (χ0v) is 14.7. The summed E-state index contributed by atoms with van der Waals surface area (Å²) in [6.07, 6.45) is 23.2. The molecule has 130 valence electrons. The maximum atomic E-state index is 10.9. The zero-order chi connectivity index (χ0) is 16.8. The smallest absolute Gasteiger partial charge is 0.217 e. The fourth-order valence-corrected chi connectivity index (χ4v) is 3.04. The van der Waals surface area contributed by atoms with Gasteiger partial charge < -0.3 is 11.1 Å². The van der Waals surface area contributed by atoms with Gasteiger partial charge in [-0.1, -0.05) is 64.0 Å². The summed E-state index contributed by atoms with van der Waals surface area (Å²) >= 11 is 0. The number of unbranched alkanes of at least 4 members (excludes halogenated alkanes) is 6. The normalized spacial score (nSPS) is 14.9. The van der Waals surface area contributed by atoms with Gasteiger partial charge in [-0.05, 0) is 37.3 Å². The van der Waals surface area contributed by atoms with Crippen molar-refractivity contribution >= 4 is 5.91 Å². The summed E-state index contributed by atoms with van der Waals surface area (Å²) < 4.78 is 0. The third-order valence-corrected chi connectivity index (χ3v) is 4.42. The van der Waals surface area contributed by atoms with Crippen LogP contribution in [0.1, 0.15) is 77.6 Å². The third-order valence-electron chi connectivity index (χ3n) is 4.42. The van der Waals surface area contributed by atoms with Crippen LogP contribution in [-0.2, 0) is 4.79 Å². The van der Waals surface area contributed by atoms with Gasteiger partial charge in [-0.25, -0.2) is 0 Å². The minimum Gasteiger partial charge on any atom is -0.370 e. The van der Waals surface area contributed by atoms with Crippen LogP contribution >= 0.6 is 0 Å². The third kappa shape index (κ3) is 9.98. The lowest BCUT2D eigenvalue weighted by atomic mass is 9.91. The Balaban J connectivity index is 2.38. The highest BCUT2D eigenvalue weighted by atomic mass is 16.1. The van der Waals surface area contributed by atoms with E-state index in [9.17, 15) is 4.79 Å². The maximum absolute atomic E-state index is 10.9. The molecule has 0 radical (unpaired) electrons. The molecule has 0 bridgehead atoms. The molecule has 0 aromatic rings. The number of nitrogens with one attached hydrogen (secondary N) is 1. The first-order valence-corrected chi connectivity index (χ1v) is 9.32. The van der Waals surface area contributed by atoms with Gasteiger partial charge in [0.2, 0.25) is 5.91 Å². The quantitative estimate of drug-likeness (QED) is 0.472. The van der Waals surface area contributed by atoms with E-state index in [2.05, 4.69) is 30.5 Å². The van der Waals surface area contributed by atoms with E-state index in [0.717, 1.165) is 19.3 Å². The molecule has 0 aromatic heterocycles. The van der Waals surface area contributed by atoms with Crippen molar-refractivity contribution in [2.75, 3.05) is 0 Å². The van der Waals surface area contributed by atoms with Crippen LogP contribution in [0.2, 0.25) is 0 Å². The fourth-order valence-electron chi connectivity index (χ4n) is 3.04. The SMILES string of the molecule is CCCCCCCCC(CCCCC(N)=O)C1=CC=CC=CN1. The van der Waals surface area contributed by atoms with Crippen LogP contribution in [0.4, 0.5) is 0 Å². The van der Waals surface area contributed by atoms with E-state index in [1.807, 2.05) is 12.3 Å². The first kappa shape index (κ1) is 19.5. The minimum atomic E-state index is -0.185. The number of amides is 1. The number of carbonyl (C=O) groups excluding carboxylic acids is 1. The van der Waals surface area contributed by atoms with Crippen molar-refractivity contribution in [1.29, 1.82) is 0 Å². The second-order valence-electron chi connectivity index (χ2n) is 6.48. The average molecular weight is 319 g/mol. The summed E-state index contributed by atoms with van der Waals surface area (Å²) in [6, 6.07) is 0. The van der Waals surface area contributed by atoms with E-state index in [4.69, 9.17) is 5.73 Å². The summed E-state index contributed by atoms with van der Waals surface area (Å²) in [7, 11) is 0. The summed E-state index contributed by atoms with van der Waals surface area (Å²) in [5.41, 5.74) is 6.54. The molecule has 3 N–H and O–H groups in total. The summed E-state index contributed by atoms with van der Waals surface area (Å²) in [6.45, 7) is 2.26. The van der Waals surface area contributed by atoms with Crippen LogP contribution in [0.25, 0.3) is 0 Å². The van der Waals surface area contributed by atoms with Crippen molar-refractivity contribution in [2.24, 2.45) is 11.7 Å². The van der Waals surface area contributed by atoms with Crippen molar-refractivity contribution in [3.63, 3.8) is 0 Å². The molecule has 0 fully saturated rings. The number of allylic oxidation sites excluding steroid dienone is 5. The molecule has 3 heteroatoms. The van der Waals surface area contributed by atoms with Gasteiger partial charge in [0.15, 0.2) is 0 Å². The van der Waals surface area contributed by atoms with Gasteiger partial charge in [-0.2, -0.15) is 0 Å². The predicted octanol–water partition coefficient (Wildman–Crippen LogP) is 4.96. The van der Waals surface area contributed by atoms with Crippen LogP contribution in [0.3, 0.4) is 0 Å². The van der Waals surface area contributed by atoms with Crippen molar-refractivity contribution < 1.29 is 4.79 Å². The summed E-state index contributed by atoms with van der Waals surface area (Å²) in [5.74, 6) is 0.372. The van der Waals surface area contributed by atoms with Crippen LogP contribution in [0.15, 0.2) is 36.2 Å². The molecule has 0 spiro atoms. The van der Waals surface area contributed by atoms with E-state index in [1.54, 1.807) is 0 Å². The molecule has 23 heavy (non-hydrogen) atoms. The number of primary amides is 1. The Hall–Kier alpha value is -1.51. The van der Waals surface area contributed by atoms with Gasteiger partial charge in [-0.3, -0.25) is 4.79 Å². The highest BCUT2D eigenvalue weighted by Gasteiger charge is 2.13. The van der Waals surface area contributed by atoms with Crippen molar-refractivity contribution in [2.45, 2.75) is 77.6 Å². The van der Waals surface area contributed by atoms with E-state index < -0.39 is 0 Å². The predicted molar refractivity (Wildman–Crippen MR) is 98.6 cm³/mol. The van der Waals surface area contributed by atoms with Crippen LogP contribution < -0.4 is 11.1 Å². The largest absolute Gasteiger partial charge is 0.370 e. The number of rotatable bonds is 13. The van der Waals surface area contributed by atoms with Crippen LogP contribution in [0, 0.1) is 5.92 Å². The van der Waals surface area contributed by atoms with Crippen molar-refractivity contribution in [1.82, 2.24) is 5.32 Å². The highest BCUT2D eigenvalue weighted by molar-refractivity contribution is 5.73.